The third-order valence-electron chi connectivity index (χ3n) is 2.65. The molecule has 0 aliphatic heterocycles. The molecule has 1 aromatic carbocycles. The van der Waals surface area contributed by atoms with Crippen LogP contribution >= 0.6 is 11.3 Å². The molecule has 0 bridgehead atoms. The first kappa shape index (κ1) is 10.4. The Morgan fingerprint density at radius 3 is 2.40 bits per heavy atom. The number of aryl methyl sites for hydroxylation is 1. The van der Waals surface area contributed by atoms with Crippen molar-refractivity contribution >= 4 is 11.3 Å². The molecule has 1 aromatic heterocycles. The molecular formula is C13H15NS. The highest BCUT2D eigenvalue weighted by atomic mass is 32.1. The van der Waals surface area contributed by atoms with Crippen LogP contribution in [0.5, 0.6) is 0 Å². The summed E-state index contributed by atoms with van der Waals surface area (Å²) < 4.78 is 0. The summed E-state index contributed by atoms with van der Waals surface area (Å²) in [6.07, 6.45) is 1.08. The van der Waals surface area contributed by atoms with E-state index in [9.17, 15) is 0 Å². The highest BCUT2D eigenvalue weighted by Crippen LogP contribution is 2.21. The number of thiophene rings is 1. The van der Waals surface area contributed by atoms with E-state index in [0.717, 1.165) is 6.42 Å². The molecule has 2 rings (SSSR count). The lowest BCUT2D eigenvalue weighted by Gasteiger charge is -2.10. The topological polar surface area (TPSA) is 26.0 Å². The largest absolute Gasteiger partial charge is 0.320 e. The van der Waals surface area contributed by atoms with Gasteiger partial charge in [-0.25, -0.2) is 0 Å². The maximum Gasteiger partial charge on any atom is 0.0559 e. The SMILES string of the molecule is CCc1ccc([C@@H](N)c2ccsc2)cc1. The number of hydrogen-bond acceptors (Lipinski definition) is 2. The van der Waals surface area contributed by atoms with Crippen molar-refractivity contribution in [3.05, 3.63) is 57.8 Å². The summed E-state index contributed by atoms with van der Waals surface area (Å²) in [7, 11) is 0. The first-order chi connectivity index (χ1) is 7.31. The minimum atomic E-state index is 0.0159. The van der Waals surface area contributed by atoms with Crippen LogP contribution in [0.1, 0.15) is 29.7 Å². The highest BCUT2D eigenvalue weighted by Gasteiger charge is 2.08. The Morgan fingerprint density at radius 1 is 1.13 bits per heavy atom. The van der Waals surface area contributed by atoms with Gasteiger partial charge in [-0.2, -0.15) is 11.3 Å². The molecule has 2 heteroatoms. The minimum absolute atomic E-state index is 0.0159. The van der Waals surface area contributed by atoms with Gasteiger partial charge in [0, 0.05) is 0 Å². The quantitative estimate of drug-likeness (QED) is 0.838. The highest BCUT2D eigenvalue weighted by molar-refractivity contribution is 7.08. The fraction of sp³-hybridized carbons (Fsp3) is 0.231. The summed E-state index contributed by atoms with van der Waals surface area (Å²) in [5.74, 6) is 0. The van der Waals surface area contributed by atoms with Crippen LogP contribution in [0, 0.1) is 0 Å². The average Bonchev–Trinajstić information content (AvgIpc) is 2.82. The molecule has 1 atom stereocenters. The van der Waals surface area contributed by atoms with Gasteiger partial charge in [-0.3, -0.25) is 0 Å². The zero-order chi connectivity index (χ0) is 10.7. The Morgan fingerprint density at radius 2 is 1.87 bits per heavy atom. The molecule has 1 nitrogen and oxygen atoms in total. The van der Waals surface area contributed by atoms with Gasteiger partial charge in [0.15, 0.2) is 0 Å². The molecule has 0 radical (unpaired) electrons. The third kappa shape index (κ3) is 2.28. The van der Waals surface area contributed by atoms with Crippen LogP contribution < -0.4 is 5.73 Å². The van der Waals surface area contributed by atoms with Crippen LogP contribution in [-0.2, 0) is 6.42 Å². The average molecular weight is 217 g/mol. The lowest BCUT2D eigenvalue weighted by molar-refractivity contribution is 0.875. The van der Waals surface area contributed by atoms with Gasteiger partial charge in [0.25, 0.3) is 0 Å². The molecular weight excluding hydrogens is 202 g/mol. The van der Waals surface area contributed by atoms with Gasteiger partial charge >= 0.3 is 0 Å². The maximum absolute atomic E-state index is 6.16. The molecule has 0 saturated heterocycles. The summed E-state index contributed by atoms with van der Waals surface area (Å²) >= 11 is 1.69. The number of rotatable bonds is 3. The predicted octanol–water partition coefficient (Wildman–Crippen LogP) is 3.36. The smallest absolute Gasteiger partial charge is 0.0559 e. The van der Waals surface area contributed by atoms with E-state index < -0.39 is 0 Å². The Hall–Kier alpha value is -1.12. The molecule has 0 unspecified atom stereocenters. The van der Waals surface area contributed by atoms with Crippen LogP contribution in [0.2, 0.25) is 0 Å². The van der Waals surface area contributed by atoms with Gasteiger partial charge in [-0.05, 0) is 39.9 Å². The number of nitrogens with two attached hydrogens (primary N) is 1. The molecule has 0 aliphatic rings. The van der Waals surface area contributed by atoms with E-state index in [0.29, 0.717) is 0 Å². The van der Waals surface area contributed by atoms with E-state index in [-0.39, 0.29) is 6.04 Å². The fourth-order valence-corrected chi connectivity index (χ4v) is 2.30. The van der Waals surface area contributed by atoms with Crippen molar-refractivity contribution in [2.75, 3.05) is 0 Å². The van der Waals surface area contributed by atoms with Crippen LogP contribution in [-0.4, -0.2) is 0 Å². The molecule has 0 amide bonds. The second-order valence-electron chi connectivity index (χ2n) is 3.63. The zero-order valence-electron chi connectivity index (χ0n) is 8.81. The Labute approximate surface area is 94.6 Å². The van der Waals surface area contributed by atoms with E-state index in [1.807, 2.05) is 0 Å². The molecule has 0 spiro atoms. The Bertz CT molecular complexity index is 403. The van der Waals surface area contributed by atoms with Crippen LogP contribution in [0.4, 0.5) is 0 Å². The molecule has 0 fully saturated rings. The molecule has 1 heterocycles. The second kappa shape index (κ2) is 4.60. The fourth-order valence-electron chi connectivity index (χ4n) is 1.61. The van der Waals surface area contributed by atoms with E-state index in [1.165, 1.54) is 16.7 Å². The van der Waals surface area contributed by atoms with Crippen molar-refractivity contribution in [2.45, 2.75) is 19.4 Å². The first-order valence-electron chi connectivity index (χ1n) is 5.17. The van der Waals surface area contributed by atoms with Crippen molar-refractivity contribution < 1.29 is 0 Å². The van der Waals surface area contributed by atoms with Crippen molar-refractivity contribution in [1.82, 2.24) is 0 Å². The first-order valence-corrected chi connectivity index (χ1v) is 6.12. The molecule has 0 saturated carbocycles. The minimum Gasteiger partial charge on any atom is -0.320 e. The lowest BCUT2D eigenvalue weighted by Crippen LogP contribution is -2.10. The standard InChI is InChI=1S/C13H15NS/c1-2-10-3-5-11(6-4-10)13(14)12-7-8-15-9-12/h3-9,13H,2,14H2,1H3/t13-/m1/s1. The summed E-state index contributed by atoms with van der Waals surface area (Å²) in [6, 6.07) is 10.7. The molecule has 78 valence electrons. The van der Waals surface area contributed by atoms with Crippen molar-refractivity contribution in [3.8, 4) is 0 Å². The second-order valence-corrected chi connectivity index (χ2v) is 4.41. The van der Waals surface area contributed by atoms with E-state index >= 15 is 0 Å². The summed E-state index contributed by atoms with van der Waals surface area (Å²) in [4.78, 5) is 0. The van der Waals surface area contributed by atoms with Gasteiger partial charge < -0.3 is 5.73 Å². The van der Waals surface area contributed by atoms with Crippen LogP contribution in [0.15, 0.2) is 41.1 Å². The summed E-state index contributed by atoms with van der Waals surface area (Å²) in [5, 5.41) is 4.17. The van der Waals surface area contributed by atoms with E-state index in [1.54, 1.807) is 11.3 Å². The summed E-state index contributed by atoms with van der Waals surface area (Å²) in [6.45, 7) is 2.16. The van der Waals surface area contributed by atoms with Crippen LogP contribution in [0.25, 0.3) is 0 Å². The number of benzene rings is 1. The Balaban J connectivity index is 2.22. The maximum atomic E-state index is 6.16. The predicted molar refractivity (Wildman–Crippen MR) is 66.2 cm³/mol. The monoisotopic (exact) mass is 217 g/mol. The molecule has 2 aromatic rings. The van der Waals surface area contributed by atoms with Gasteiger partial charge in [0.2, 0.25) is 0 Å². The molecule has 15 heavy (non-hydrogen) atoms. The van der Waals surface area contributed by atoms with E-state index in [2.05, 4.69) is 48.0 Å². The number of hydrogen-bond donors (Lipinski definition) is 1. The van der Waals surface area contributed by atoms with Crippen molar-refractivity contribution in [1.29, 1.82) is 0 Å². The zero-order valence-corrected chi connectivity index (χ0v) is 9.63. The van der Waals surface area contributed by atoms with Gasteiger partial charge in [0.05, 0.1) is 6.04 Å². The van der Waals surface area contributed by atoms with Gasteiger partial charge in [-0.1, -0.05) is 31.2 Å². The van der Waals surface area contributed by atoms with E-state index in [4.69, 9.17) is 5.73 Å². The normalized spacial score (nSPS) is 12.7. The molecule has 0 aliphatic carbocycles. The van der Waals surface area contributed by atoms with Gasteiger partial charge in [0.1, 0.15) is 0 Å². The van der Waals surface area contributed by atoms with Gasteiger partial charge in [-0.15, -0.1) is 0 Å². The lowest BCUT2D eigenvalue weighted by atomic mass is 10.0. The molecule has 2 N–H and O–H groups in total. The third-order valence-corrected chi connectivity index (χ3v) is 3.35. The van der Waals surface area contributed by atoms with Crippen molar-refractivity contribution in [2.24, 2.45) is 5.73 Å². The summed E-state index contributed by atoms with van der Waals surface area (Å²) in [5.41, 5.74) is 9.90. The Kier molecular flexibility index (Phi) is 3.19. The van der Waals surface area contributed by atoms with Crippen LogP contribution in [0.3, 0.4) is 0 Å². The van der Waals surface area contributed by atoms with Crippen molar-refractivity contribution in [3.63, 3.8) is 0 Å².